The molecule has 0 saturated carbocycles. The first-order chi connectivity index (χ1) is 8.49. The van der Waals surface area contributed by atoms with Crippen LogP contribution in [-0.2, 0) is 13.6 Å². The van der Waals surface area contributed by atoms with Crippen molar-refractivity contribution in [3.8, 4) is 0 Å². The predicted octanol–water partition coefficient (Wildman–Crippen LogP) is 3.02. The van der Waals surface area contributed by atoms with Crippen LogP contribution in [0.2, 0.25) is 0 Å². The Morgan fingerprint density at radius 1 is 1.28 bits per heavy atom. The molecule has 2 rings (SSSR count). The molecule has 1 aromatic carbocycles. The minimum atomic E-state index is 0.533. The van der Waals surface area contributed by atoms with Crippen LogP contribution >= 0.6 is 0 Å². The fourth-order valence-corrected chi connectivity index (χ4v) is 1.99. The number of hydrogen-bond acceptors (Lipinski definition) is 2. The van der Waals surface area contributed by atoms with E-state index < -0.39 is 0 Å². The summed E-state index contributed by atoms with van der Waals surface area (Å²) < 4.78 is 2.13. The van der Waals surface area contributed by atoms with Crippen LogP contribution in [0, 0.1) is 12.8 Å². The van der Waals surface area contributed by atoms with Gasteiger partial charge >= 0.3 is 0 Å². The van der Waals surface area contributed by atoms with E-state index in [1.165, 1.54) is 11.1 Å². The summed E-state index contributed by atoms with van der Waals surface area (Å²) >= 11 is 0. The molecule has 98 valence electrons. The third-order valence-corrected chi connectivity index (χ3v) is 3.80. The number of benzene rings is 1. The lowest BCUT2D eigenvalue weighted by atomic mass is 10.1. The van der Waals surface area contributed by atoms with Crippen LogP contribution in [0.5, 0.6) is 0 Å². The van der Waals surface area contributed by atoms with Crippen molar-refractivity contribution in [2.45, 2.75) is 40.3 Å². The molecule has 1 aromatic heterocycles. The highest BCUT2D eigenvalue weighted by molar-refractivity contribution is 5.76. The molecule has 0 aliphatic rings. The lowest BCUT2D eigenvalue weighted by Gasteiger charge is -2.17. The Kier molecular flexibility index (Phi) is 3.71. The van der Waals surface area contributed by atoms with Crippen LogP contribution in [0.4, 0.5) is 0 Å². The summed E-state index contributed by atoms with van der Waals surface area (Å²) in [5.41, 5.74) is 3.59. The first kappa shape index (κ1) is 13.1. The van der Waals surface area contributed by atoms with Crippen molar-refractivity contribution in [2.75, 3.05) is 0 Å². The van der Waals surface area contributed by atoms with E-state index in [1.807, 2.05) is 6.92 Å². The van der Waals surface area contributed by atoms with Gasteiger partial charge in [0, 0.05) is 19.6 Å². The van der Waals surface area contributed by atoms with E-state index in [0.29, 0.717) is 12.0 Å². The molecule has 1 heterocycles. The molecule has 0 aliphatic carbocycles. The van der Waals surface area contributed by atoms with E-state index in [-0.39, 0.29) is 0 Å². The van der Waals surface area contributed by atoms with Crippen molar-refractivity contribution in [1.82, 2.24) is 14.9 Å². The molecular weight excluding hydrogens is 222 g/mol. The summed E-state index contributed by atoms with van der Waals surface area (Å²) in [6.45, 7) is 9.66. The fraction of sp³-hybridized carbons (Fsp3) is 0.533. The molecule has 0 amide bonds. The van der Waals surface area contributed by atoms with Crippen molar-refractivity contribution < 1.29 is 0 Å². The third kappa shape index (κ3) is 2.56. The number of fused-ring (bicyclic) bond motifs is 1. The van der Waals surface area contributed by atoms with Crippen molar-refractivity contribution in [1.29, 1.82) is 0 Å². The largest absolute Gasteiger partial charge is 0.331 e. The molecule has 0 aliphatic heterocycles. The first-order valence-electron chi connectivity index (χ1n) is 6.64. The monoisotopic (exact) mass is 245 g/mol. The Bertz CT molecular complexity index is 540. The normalized spacial score (nSPS) is 13.4. The standard InChI is InChI=1S/C15H23N3/c1-10(2)11(3)16-9-13-6-7-15-14(8-13)17-12(4)18(15)5/h6-8,10-11,16H,9H2,1-5H3. The first-order valence-corrected chi connectivity index (χ1v) is 6.64. The van der Waals surface area contributed by atoms with Crippen molar-refractivity contribution in [3.63, 3.8) is 0 Å². The highest BCUT2D eigenvalue weighted by atomic mass is 15.0. The number of imidazole rings is 1. The van der Waals surface area contributed by atoms with Gasteiger partial charge in [-0.25, -0.2) is 4.98 Å². The maximum absolute atomic E-state index is 4.57. The van der Waals surface area contributed by atoms with Crippen LogP contribution < -0.4 is 5.32 Å². The molecule has 0 spiro atoms. The lowest BCUT2D eigenvalue weighted by molar-refractivity contribution is 0.426. The van der Waals surface area contributed by atoms with Gasteiger partial charge in [-0.1, -0.05) is 19.9 Å². The number of aromatic nitrogens is 2. The smallest absolute Gasteiger partial charge is 0.106 e. The Labute approximate surface area is 109 Å². The zero-order valence-electron chi connectivity index (χ0n) is 12.0. The summed E-state index contributed by atoms with van der Waals surface area (Å²) in [6.07, 6.45) is 0. The van der Waals surface area contributed by atoms with Gasteiger partial charge in [0.15, 0.2) is 0 Å². The summed E-state index contributed by atoms with van der Waals surface area (Å²) in [7, 11) is 2.06. The fourth-order valence-electron chi connectivity index (χ4n) is 1.99. The highest BCUT2D eigenvalue weighted by Crippen LogP contribution is 2.16. The molecule has 0 bridgehead atoms. The number of hydrogen-bond donors (Lipinski definition) is 1. The molecule has 2 aromatic rings. The molecule has 1 atom stereocenters. The summed E-state index contributed by atoms with van der Waals surface area (Å²) in [6, 6.07) is 7.06. The van der Waals surface area contributed by atoms with Gasteiger partial charge in [0.2, 0.25) is 0 Å². The minimum absolute atomic E-state index is 0.533. The molecule has 1 unspecified atom stereocenters. The lowest BCUT2D eigenvalue weighted by Crippen LogP contribution is -2.30. The summed E-state index contributed by atoms with van der Waals surface area (Å²) in [4.78, 5) is 4.57. The molecule has 18 heavy (non-hydrogen) atoms. The molecular formula is C15H23N3. The SMILES string of the molecule is Cc1nc2cc(CNC(C)C(C)C)ccc2n1C. The molecule has 3 heteroatoms. The van der Waals surface area contributed by atoms with Gasteiger partial charge in [0.1, 0.15) is 5.82 Å². The van der Waals surface area contributed by atoms with Gasteiger partial charge in [-0.05, 0) is 37.5 Å². The Morgan fingerprint density at radius 3 is 2.67 bits per heavy atom. The van der Waals surface area contributed by atoms with Crippen LogP contribution in [0.15, 0.2) is 18.2 Å². The second-order valence-electron chi connectivity index (χ2n) is 5.45. The summed E-state index contributed by atoms with van der Waals surface area (Å²) in [5, 5.41) is 3.55. The number of aryl methyl sites for hydroxylation is 2. The Hall–Kier alpha value is -1.35. The van der Waals surface area contributed by atoms with Crippen LogP contribution in [-0.4, -0.2) is 15.6 Å². The number of nitrogens with zero attached hydrogens (tertiary/aromatic N) is 2. The molecule has 3 nitrogen and oxygen atoms in total. The second kappa shape index (κ2) is 5.11. The van der Waals surface area contributed by atoms with Gasteiger partial charge in [-0.2, -0.15) is 0 Å². The third-order valence-electron chi connectivity index (χ3n) is 3.80. The topological polar surface area (TPSA) is 29.9 Å². The zero-order valence-corrected chi connectivity index (χ0v) is 12.0. The van der Waals surface area contributed by atoms with E-state index in [0.717, 1.165) is 17.9 Å². The van der Waals surface area contributed by atoms with Crippen LogP contribution in [0.1, 0.15) is 32.2 Å². The predicted molar refractivity (Wildman–Crippen MR) is 76.6 cm³/mol. The van der Waals surface area contributed by atoms with Crippen molar-refractivity contribution >= 4 is 11.0 Å². The van der Waals surface area contributed by atoms with Gasteiger partial charge in [-0.3, -0.25) is 0 Å². The number of rotatable bonds is 4. The molecule has 1 N–H and O–H groups in total. The minimum Gasteiger partial charge on any atom is -0.331 e. The summed E-state index contributed by atoms with van der Waals surface area (Å²) in [5.74, 6) is 1.72. The highest BCUT2D eigenvalue weighted by Gasteiger charge is 2.08. The second-order valence-corrected chi connectivity index (χ2v) is 5.45. The van der Waals surface area contributed by atoms with E-state index in [9.17, 15) is 0 Å². The van der Waals surface area contributed by atoms with Crippen molar-refractivity contribution in [2.24, 2.45) is 13.0 Å². The zero-order chi connectivity index (χ0) is 13.3. The maximum atomic E-state index is 4.57. The molecule has 0 fully saturated rings. The molecule has 0 saturated heterocycles. The van der Waals surface area contributed by atoms with Gasteiger partial charge in [-0.15, -0.1) is 0 Å². The molecule has 0 radical (unpaired) electrons. The van der Waals surface area contributed by atoms with Crippen LogP contribution in [0.3, 0.4) is 0 Å². The average molecular weight is 245 g/mol. The van der Waals surface area contributed by atoms with Gasteiger partial charge in [0.05, 0.1) is 11.0 Å². The van der Waals surface area contributed by atoms with E-state index in [2.05, 4.69) is 60.9 Å². The number of nitrogens with one attached hydrogen (secondary N) is 1. The quantitative estimate of drug-likeness (QED) is 0.897. The Balaban J connectivity index is 2.15. The van der Waals surface area contributed by atoms with E-state index >= 15 is 0 Å². The maximum Gasteiger partial charge on any atom is 0.106 e. The van der Waals surface area contributed by atoms with E-state index in [4.69, 9.17) is 0 Å². The Morgan fingerprint density at radius 2 is 2.00 bits per heavy atom. The van der Waals surface area contributed by atoms with Crippen LogP contribution in [0.25, 0.3) is 11.0 Å². The van der Waals surface area contributed by atoms with Gasteiger partial charge < -0.3 is 9.88 Å². The average Bonchev–Trinajstić information content (AvgIpc) is 2.61. The van der Waals surface area contributed by atoms with Crippen molar-refractivity contribution in [3.05, 3.63) is 29.6 Å². The van der Waals surface area contributed by atoms with Gasteiger partial charge in [0.25, 0.3) is 0 Å². The van der Waals surface area contributed by atoms with E-state index in [1.54, 1.807) is 0 Å².